The third-order valence-corrected chi connectivity index (χ3v) is 3.29. The molecule has 0 bridgehead atoms. The zero-order valence-corrected chi connectivity index (χ0v) is 13.4. The Hall–Kier alpha value is -1.55. The van der Waals surface area contributed by atoms with Crippen LogP contribution in [-0.4, -0.2) is 31.1 Å². The third-order valence-electron chi connectivity index (χ3n) is 3.29. The van der Waals surface area contributed by atoms with Crippen molar-refractivity contribution in [3.63, 3.8) is 0 Å². The predicted molar refractivity (Wildman–Crippen MR) is 86.5 cm³/mol. The van der Waals surface area contributed by atoms with E-state index >= 15 is 0 Å². The maximum Gasteiger partial charge on any atom is 0.237 e. The van der Waals surface area contributed by atoms with Gasteiger partial charge < -0.3 is 15.4 Å². The fourth-order valence-corrected chi connectivity index (χ4v) is 2.06. The van der Waals surface area contributed by atoms with Gasteiger partial charge in [-0.25, -0.2) is 0 Å². The second kappa shape index (κ2) is 10.2. The van der Waals surface area contributed by atoms with Gasteiger partial charge in [-0.1, -0.05) is 31.5 Å². The van der Waals surface area contributed by atoms with E-state index in [9.17, 15) is 4.79 Å². The highest BCUT2D eigenvalue weighted by Gasteiger charge is 2.13. The summed E-state index contributed by atoms with van der Waals surface area (Å²) in [4.78, 5) is 11.9. The van der Waals surface area contributed by atoms with Crippen LogP contribution >= 0.6 is 0 Å². The summed E-state index contributed by atoms with van der Waals surface area (Å²) >= 11 is 0. The number of nitrogens with one attached hydrogen (secondary N) is 2. The van der Waals surface area contributed by atoms with E-state index in [-0.39, 0.29) is 18.0 Å². The van der Waals surface area contributed by atoms with Crippen molar-refractivity contribution in [2.45, 2.75) is 52.1 Å². The lowest BCUT2D eigenvalue weighted by molar-refractivity contribution is -0.123. The number of hydrogen-bond donors (Lipinski definition) is 2. The zero-order chi connectivity index (χ0) is 15.5. The van der Waals surface area contributed by atoms with Gasteiger partial charge in [0.25, 0.3) is 0 Å². The number of amides is 1. The van der Waals surface area contributed by atoms with Crippen molar-refractivity contribution in [1.29, 1.82) is 0 Å². The van der Waals surface area contributed by atoms with Crippen molar-refractivity contribution in [3.05, 3.63) is 30.3 Å². The lowest BCUT2D eigenvalue weighted by atomic mass is 10.2. The van der Waals surface area contributed by atoms with Crippen molar-refractivity contribution in [1.82, 2.24) is 10.6 Å². The molecule has 4 nitrogen and oxygen atoms in total. The predicted octanol–water partition coefficient (Wildman–Crippen LogP) is 2.74. The van der Waals surface area contributed by atoms with E-state index in [1.807, 2.05) is 44.2 Å². The number of ether oxygens (including phenoxy) is 1. The summed E-state index contributed by atoms with van der Waals surface area (Å²) in [6.07, 6.45) is 2.97. The summed E-state index contributed by atoms with van der Waals surface area (Å²) in [5, 5.41) is 6.24. The fourth-order valence-electron chi connectivity index (χ4n) is 2.06. The van der Waals surface area contributed by atoms with E-state index in [0.717, 1.165) is 31.6 Å². The van der Waals surface area contributed by atoms with Gasteiger partial charge in [-0.15, -0.1) is 0 Å². The van der Waals surface area contributed by atoms with Crippen molar-refractivity contribution in [3.8, 4) is 5.75 Å². The number of hydrogen-bond acceptors (Lipinski definition) is 3. The highest BCUT2D eigenvalue weighted by molar-refractivity contribution is 5.81. The maximum atomic E-state index is 11.9. The Bertz CT molecular complexity index is 395. The number of carbonyl (C=O) groups is 1. The van der Waals surface area contributed by atoms with Crippen LogP contribution in [0.1, 0.15) is 40.0 Å². The van der Waals surface area contributed by atoms with E-state index in [1.54, 1.807) is 0 Å². The molecule has 0 aliphatic rings. The summed E-state index contributed by atoms with van der Waals surface area (Å²) in [6.45, 7) is 7.48. The lowest BCUT2D eigenvalue weighted by Gasteiger charge is -2.18. The van der Waals surface area contributed by atoms with Crippen LogP contribution in [0.4, 0.5) is 0 Å². The molecule has 0 saturated carbocycles. The highest BCUT2D eigenvalue weighted by Crippen LogP contribution is 2.08. The van der Waals surface area contributed by atoms with Crippen LogP contribution in [0.5, 0.6) is 5.75 Å². The molecule has 4 heteroatoms. The molecular formula is C17H28N2O2. The summed E-state index contributed by atoms with van der Waals surface area (Å²) in [7, 11) is 0. The SMILES string of the molecule is CCCC(C)NC(=O)C(C)NCCCOc1ccccc1. The Morgan fingerprint density at radius 2 is 1.95 bits per heavy atom. The first-order valence-corrected chi connectivity index (χ1v) is 7.85. The first-order chi connectivity index (χ1) is 10.1. The molecule has 0 heterocycles. The molecule has 1 rings (SSSR count). The minimum Gasteiger partial charge on any atom is -0.494 e. The molecular weight excluding hydrogens is 264 g/mol. The van der Waals surface area contributed by atoms with Gasteiger partial charge in [-0.05, 0) is 45.4 Å². The first kappa shape index (κ1) is 17.5. The maximum absolute atomic E-state index is 11.9. The fraction of sp³-hybridized carbons (Fsp3) is 0.588. The van der Waals surface area contributed by atoms with Crippen LogP contribution in [0, 0.1) is 0 Å². The van der Waals surface area contributed by atoms with Gasteiger partial charge in [0.1, 0.15) is 5.75 Å². The number of benzene rings is 1. The molecule has 118 valence electrons. The summed E-state index contributed by atoms with van der Waals surface area (Å²) in [5.74, 6) is 0.955. The van der Waals surface area contributed by atoms with Crippen molar-refractivity contribution >= 4 is 5.91 Å². The Labute approximate surface area is 128 Å². The molecule has 0 aromatic heterocycles. The van der Waals surface area contributed by atoms with Crippen LogP contribution in [-0.2, 0) is 4.79 Å². The quantitative estimate of drug-likeness (QED) is 0.652. The summed E-state index contributed by atoms with van der Waals surface area (Å²) < 4.78 is 5.60. The molecule has 0 radical (unpaired) electrons. The van der Waals surface area contributed by atoms with Gasteiger partial charge in [-0.2, -0.15) is 0 Å². The molecule has 1 aromatic rings. The Kier molecular flexibility index (Phi) is 8.51. The van der Waals surface area contributed by atoms with Crippen LogP contribution in [0.15, 0.2) is 30.3 Å². The highest BCUT2D eigenvalue weighted by atomic mass is 16.5. The van der Waals surface area contributed by atoms with Crippen molar-refractivity contribution in [2.75, 3.05) is 13.2 Å². The summed E-state index contributed by atoms with van der Waals surface area (Å²) in [6, 6.07) is 9.84. The van der Waals surface area contributed by atoms with Crippen molar-refractivity contribution in [2.24, 2.45) is 0 Å². The number of rotatable bonds is 10. The van der Waals surface area contributed by atoms with Gasteiger partial charge in [0.05, 0.1) is 12.6 Å². The van der Waals surface area contributed by atoms with E-state index in [4.69, 9.17) is 4.74 Å². The number of para-hydroxylation sites is 1. The van der Waals surface area contributed by atoms with Crippen LogP contribution in [0.25, 0.3) is 0 Å². The molecule has 2 atom stereocenters. The Balaban J connectivity index is 2.10. The zero-order valence-electron chi connectivity index (χ0n) is 13.4. The second-order valence-corrected chi connectivity index (χ2v) is 5.39. The standard InChI is InChI=1S/C17H28N2O2/c1-4-9-14(2)19-17(20)15(3)18-12-8-13-21-16-10-6-5-7-11-16/h5-7,10-11,14-15,18H,4,8-9,12-13H2,1-3H3,(H,19,20). The van der Waals surface area contributed by atoms with E-state index in [1.165, 1.54) is 0 Å². The molecule has 0 fully saturated rings. The van der Waals surface area contributed by atoms with Gasteiger partial charge in [0, 0.05) is 6.04 Å². The minimum atomic E-state index is -0.166. The average molecular weight is 292 g/mol. The topological polar surface area (TPSA) is 50.4 Å². The monoisotopic (exact) mass is 292 g/mol. The van der Waals surface area contributed by atoms with Gasteiger partial charge in [0.15, 0.2) is 0 Å². The molecule has 1 aromatic carbocycles. The van der Waals surface area contributed by atoms with Crippen LogP contribution in [0.2, 0.25) is 0 Å². The molecule has 1 amide bonds. The van der Waals surface area contributed by atoms with E-state index < -0.39 is 0 Å². The van der Waals surface area contributed by atoms with Gasteiger partial charge >= 0.3 is 0 Å². The Morgan fingerprint density at radius 3 is 2.62 bits per heavy atom. The van der Waals surface area contributed by atoms with Gasteiger partial charge in [0.2, 0.25) is 5.91 Å². The molecule has 0 saturated heterocycles. The molecule has 2 unspecified atom stereocenters. The lowest BCUT2D eigenvalue weighted by Crippen LogP contribution is -2.45. The van der Waals surface area contributed by atoms with Crippen molar-refractivity contribution < 1.29 is 9.53 Å². The summed E-state index contributed by atoms with van der Waals surface area (Å²) in [5.41, 5.74) is 0. The first-order valence-electron chi connectivity index (χ1n) is 7.85. The van der Waals surface area contributed by atoms with Crippen LogP contribution < -0.4 is 15.4 Å². The third kappa shape index (κ3) is 7.71. The molecule has 2 N–H and O–H groups in total. The molecule has 0 aliphatic carbocycles. The molecule has 0 aliphatic heterocycles. The molecule has 0 spiro atoms. The normalized spacial score (nSPS) is 13.5. The number of carbonyl (C=O) groups excluding carboxylic acids is 1. The van der Waals surface area contributed by atoms with E-state index in [0.29, 0.717) is 6.61 Å². The minimum absolute atomic E-state index is 0.0694. The second-order valence-electron chi connectivity index (χ2n) is 5.39. The Morgan fingerprint density at radius 1 is 1.24 bits per heavy atom. The van der Waals surface area contributed by atoms with Crippen LogP contribution in [0.3, 0.4) is 0 Å². The largest absolute Gasteiger partial charge is 0.494 e. The molecule has 21 heavy (non-hydrogen) atoms. The smallest absolute Gasteiger partial charge is 0.237 e. The average Bonchev–Trinajstić information content (AvgIpc) is 2.48. The van der Waals surface area contributed by atoms with Gasteiger partial charge in [-0.3, -0.25) is 4.79 Å². The van der Waals surface area contributed by atoms with E-state index in [2.05, 4.69) is 17.6 Å².